The minimum atomic E-state index is -2.46. The number of benzene rings is 2. The van der Waals surface area contributed by atoms with Gasteiger partial charge in [0.25, 0.3) is 12.9 Å². The van der Waals surface area contributed by atoms with Gasteiger partial charge in [-0.15, -0.1) is 0 Å². The van der Waals surface area contributed by atoms with Crippen LogP contribution in [0.25, 0.3) is 33.6 Å². The number of aromatic nitrogens is 2. The zero-order chi connectivity index (χ0) is 30.2. The summed E-state index contributed by atoms with van der Waals surface area (Å²) in [7, 11) is 2.96. The molecular formula is C30H28Cl2F4N4O2. The molecule has 0 spiro atoms. The third-order valence-corrected chi connectivity index (χ3v) is 7.16. The lowest BCUT2D eigenvalue weighted by molar-refractivity contribution is 0.145. The summed E-state index contributed by atoms with van der Waals surface area (Å²) >= 11 is 13.8. The van der Waals surface area contributed by atoms with Gasteiger partial charge in [0.1, 0.15) is 5.75 Å². The van der Waals surface area contributed by atoms with Crippen molar-refractivity contribution in [2.45, 2.75) is 25.9 Å². The Morgan fingerprint density at radius 1 is 0.762 bits per heavy atom. The van der Waals surface area contributed by atoms with Crippen LogP contribution in [-0.4, -0.2) is 50.1 Å². The maximum atomic E-state index is 12.5. The summed E-state index contributed by atoms with van der Waals surface area (Å²) in [5.74, 6) is 0.798. The highest BCUT2D eigenvalue weighted by atomic mass is 35.5. The third kappa shape index (κ3) is 7.49. The van der Waals surface area contributed by atoms with Crippen molar-refractivity contribution in [2.24, 2.45) is 0 Å². The van der Waals surface area contributed by atoms with E-state index < -0.39 is 25.9 Å². The summed E-state index contributed by atoms with van der Waals surface area (Å²) in [6.07, 6.45) is -3.30. The molecule has 2 aromatic heterocycles. The molecule has 0 radical (unpaired) electrons. The van der Waals surface area contributed by atoms with Crippen LogP contribution in [0.1, 0.15) is 11.1 Å². The molecule has 0 aliphatic rings. The Morgan fingerprint density at radius 3 is 2.07 bits per heavy atom. The topological polar surface area (TPSA) is 68.3 Å². The Labute approximate surface area is 251 Å². The molecular weight excluding hydrogens is 595 g/mol. The summed E-state index contributed by atoms with van der Waals surface area (Å²) in [6, 6.07) is 16.0. The second-order valence-electron chi connectivity index (χ2n) is 9.12. The van der Waals surface area contributed by atoms with E-state index in [1.807, 2.05) is 18.2 Å². The average Bonchev–Trinajstić information content (AvgIpc) is 2.97. The molecule has 0 fully saturated rings. The monoisotopic (exact) mass is 622 g/mol. The van der Waals surface area contributed by atoms with Crippen LogP contribution in [-0.2, 0) is 13.1 Å². The summed E-state index contributed by atoms with van der Waals surface area (Å²) < 4.78 is 61.0. The molecule has 0 saturated carbocycles. The van der Waals surface area contributed by atoms with Gasteiger partial charge in [-0.2, -0.15) is 0 Å². The molecule has 2 heterocycles. The Balaban J connectivity index is 1.66. The molecule has 222 valence electrons. The van der Waals surface area contributed by atoms with Gasteiger partial charge in [0.15, 0.2) is 0 Å². The maximum Gasteiger partial charge on any atom is 0.250 e. The van der Waals surface area contributed by atoms with Crippen molar-refractivity contribution in [3.8, 4) is 45.3 Å². The van der Waals surface area contributed by atoms with Crippen LogP contribution in [0, 0.1) is 0 Å². The lowest BCUT2D eigenvalue weighted by atomic mass is 9.99. The zero-order valence-corrected chi connectivity index (χ0v) is 24.2. The van der Waals surface area contributed by atoms with E-state index >= 15 is 0 Å². The Morgan fingerprint density at radius 2 is 1.40 bits per heavy atom. The molecule has 0 bridgehead atoms. The molecule has 12 heteroatoms. The first kappa shape index (κ1) is 31.5. The summed E-state index contributed by atoms with van der Waals surface area (Å²) in [6.45, 7) is -0.487. The number of nitrogens with one attached hydrogen (secondary N) is 2. The fourth-order valence-electron chi connectivity index (χ4n) is 4.39. The first-order valence-electron chi connectivity index (χ1n) is 12.9. The first-order valence-corrected chi connectivity index (χ1v) is 13.6. The smallest absolute Gasteiger partial charge is 0.250 e. The van der Waals surface area contributed by atoms with E-state index in [0.717, 1.165) is 0 Å². The number of hydrogen-bond donors (Lipinski definition) is 2. The number of pyridine rings is 2. The highest BCUT2D eigenvalue weighted by Gasteiger charge is 2.19. The van der Waals surface area contributed by atoms with Crippen molar-refractivity contribution in [2.75, 3.05) is 27.3 Å². The minimum absolute atomic E-state index is 0.169. The van der Waals surface area contributed by atoms with Gasteiger partial charge in [0, 0.05) is 52.7 Å². The molecule has 6 nitrogen and oxygen atoms in total. The van der Waals surface area contributed by atoms with Crippen molar-refractivity contribution in [3.05, 3.63) is 82.0 Å². The minimum Gasteiger partial charge on any atom is -0.496 e. The van der Waals surface area contributed by atoms with Crippen molar-refractivity contribution in [1.82, 2.24) is 20.6 Å². The Kier molecular flexibility index (Phi) is 11.0. The van der Waals surface area contributed by atoms with Gasteiger partial charge in [0.2, 0.25) is 5.88 Å². The molecule has 4 rings (SSSR count). The SMILES string of the molecule is COc1cc(-c2nccc(-c3cccc(-c4ccc(CNCC(F)F)c(OC)n4)c3Cl)c2Cl)ccc1CNCC(F)F. The lowest BCUT2D eigenvalue weighted by Gasteiger charge is -2.15. The number of ether oxygens (including phenoxy) is 2. The predicted molar refractivity (Wildman–Crippen MR) is 157 cm³/mol. The molecule has 4 aromatic rings. The normalized spacial score (nSPS) is 11.4. The standard InChI is InChI=1S/C30H28Cl2F4N4O2/c1-41-24-12-17(6-7-18(24)13-37-15-25(33)34)29-28(32)21(10-11-39-29)20-4-3-5-22(27(20)31)23-9-8-19(30(40-23)42-2)14-38-16-26(35)36/h3-12,25-26,37-38H,13-16H2,1-2H3. The quantitative estimate of drug-likeness (QED) is 0.150. The van der Waals surface area contributed by atoms with Crippen molar-refractivity contribution >= 4 is 23.2 Å². The fourth-order valence-corrected chi connectivity index (χ4v) is 5.04. The molecule has 2 aromatic carbocycles. The van der Waals surface area contributed by atoms with E-state index in [2.05, 4.69) is 20.6 Å². The van der Waals surface area contributed by atoms with Crippen LogP contribution in [0.15, 0.2) is 60.8 Å². The van der Waals surface area contributed by atoms with Gasteiger partial charge in [-0.3, -0.25) is 4.98 Å². The van der Waals surface area contributed by atoms with Gasteiger partial charge >= 0.3 is 0 Å². The summed E-state index contributed by atoms with van der Waals surface area (Å²) in [5, 5.41) is 6.12. The number of hydrogen-bond acceptors (Lipinski definition) is 6. The van der Waals surface area contributed by atoms with Crippen molar-refractivity contribution < 1.29 is 27.0 Å². The van der Waals surface area contributed by atoms with Gasteiger partial charge < -0.3 is 20.1 Å². The van der Waals surface area contributed by atoms with E-state index in [9.17, 15) is 17.6 Å². The van der Waals surface area contributed by atoms with Gasteiger partial charge in [-0.1, -0.05) is 59.6 Å². The van der Waals surface area contributed by atoms with Crippen LogP contribution in [0.2, 0.25) is 10.0 Å². The highest BCUT2D eigenvalue weighted by Crippen LogP contribution is 2.42. The molecule has 0 amide bonds. The van der Waals surface area contributed by atoms with E-state index in [4.69, 9.17) is 32.7 Å². The fraction of sp³-hybridized carbons (Fsp3) is 0.267. The maximum absolute atomic E-state index is 12.5. The Bertz CT molecular complexity index is 1410. The number of alkyl halides is 4. The largest absolute Gasteiger partial charge is 0.496 e. The van der Waals surface area contributed by atoms with Crippen molar-refractivity contribution in [3.63, 3.8) is 0 Å². The van der Waals surface area contributed by atoms with Crippen LogP contribution in [0.5, 0.6) is 11.6 Å². The molecule has 0 aliphatic carbocycles. The van der Waals surface area contributed by atoms with Crippen LogP contribution >= 0.6 is 23.2 Å². The summed E-state index contributed by atoms with van der Waals surface area (Å²) in [4.78, 5) is 9.04. The van der Waals surface area contributed by atoms with Gasteiger partial charge in [0.05, 0.1) is 48.7 Å². The third-order valence-electron chi connectivity index (χ3n) is 6.38. The first-order chi connectivity index (χ1) is 20.2. The van der Waals surface area contributed by atoms with E-state index in [1.54, 1.807) is 42.6 Å². The van der Waals surface area contributed by atoms with E-state index in [1.165, 1.54) is 14.2 Å². The lowest BCUT2D eigenvalue weighted by Crippen LogP contribution is -2.21. The van der Waals surface area contributed by atoms with E-state index in [0.29, 0.717) is 66.4 Å². The van der Waals surface area contributed by atoms with E-state index in [-0.39, 0.29) is 13.1 Å². The summed E-state index contributed by atoms with van der Waals surface area (Å²) in [5.41, 5.74) is 4.93. The van der Waals surface area contributed by atoms with Crippen LogP contribution in [0.3, 0.4) is 0 Å². The molecule has 0 aliphatic heterocycles. The number of methoxy groups -OCH3 is 2. The Hall–Kier alpha value is -3.44. The number of rotatable bonds is 13. The number of halogens is 6. The number of nitrogens with zero attached hydrogens (tertiary/aromatic N) is 2. The molecule has 0 atom stereocenters. The van der Waals surface area contributed by atoms with Crippen LogP contribution < -0.4 is 20.1 Å². The van der Waals surface area contributed by atoms with Crippen molar-refractivity contribution in [1.29, 1.82) is 0 Å². The molecule has 0 saturated heterocycles. The van der Waals surface area contributed by atoms with Gasteiger partial charge in [-0.05, 0) is 18.2 Å². The molecule has 2 N–H and O–H groups in total. The highest BCUT2D eigenvalue weighted by molar-refractivity contribution is 6.39. The molecule has 0 unspecified atom stereocenters. The molecule has 42 heavy (non-hydrogen) atoms. The second-order valence-corrected chi connectivity index (χ2v) is 9.88. The average molecular weight is 623 g/mol. The van der Waals surface area contributed by atoms with Crippen LogP contribution in [0.4, 0.5) is 17.6 Å². The predicted octanol–water partition coefficient (Wildman–Crippen LogP) is 7.51. The zero-order valence-electron chi connectivity index (χ0n) is 22.7. The second kappa shape index (κ2) is 14.6. The van der Waals surface area contributed by atoms with Gasteiger partial charge in [-0.25, -0.2) is 22.5 Å².